The molecule has 0 spiro atoms. The van der Waals surface area contributed by atoms with Gasteiger partial charge in [-0.15, -0.1) is 0 Å². The van der Waals surface area contributed by atoms with E-state index in [0.717, 1.165) is 18.0 Å². The zero-order chi connectivity index (χ0) is 17.4. The molecule has 0 atom stereocenters. The summed E-state index contributed by atoms with van der Waals surface area (Å²) in [4.78, 5) is 23.7. The van der Waals surface area contributed by atoms with E-state index in [4.69, 9.17) is 14.2 Å². The number of esters is 2. The highest BCUT2D eigenvalue weighted by Crippen LogP contribution is 2.29. The molecule has 0 aliphatic heterocycles. The highest BCUT2D eigenvalue weighted by molar-refractivity contribution is 6.14. The summed E-state index contributed by atoms with van der Waals surface area (Å²) >= 11 is 0. The van der Waals surface area contributed by atoms with Crippen LogP contribution >= 0.6 is 0 Å². The number of benzene rings is 1. The molecule has 0 radical (unpaired) electrons. The number of ether oxygens (including phenoxy) is 3. The van der Waals surface area contributed by atoms with Gasteiger partial charge in [-0.3, -0.25) is 0 Å². The third-order valence-corrected chi connectivity index (χ3v) is 3.41. The van der Waals surface area contributed by atoms with Crippen LogP contribution in [0.5, 0.6) is 5.75 Å². The Hall–Kier alpha value is -2.50. The van der Waals surface area contributed by atoms with E-state index in [0.29, 0.717) is 5.92 Å². The molecule has 1 N–H and O–H groups in total. The summed E-state index contributed by atoms with van der Waals surface area (Å²) in [6, 6.07) is 7.30. The quantitative estimate of drug-likeness (QED) is 0.324. The van der Waals surface area contributed by atoms with E-state index in [1.165, 1.54) is 19.0 Å². The fourth-order valence-electron chi connectivity index (χ4n) is 1.92. The molecule has 1 aromatic rings. The summed E-state index contributed by atoms with van der Waals surface area (Å²) in [5.74, 6) is 0.0653. The van der Waals surface area contributed by atoms with Gasteiger partial charge in [-0.25, -0.2) is 9.59 Å². The molecule has 1 aromatic carbocycles. The lowest BCUT2D eigenvalue weighted by molar-refractivity contribution is -0.146. The first-order valence-corrected chi connectivity index (χ1v) is 8.17. The number of rotatable bonds is 9. The first-order valence-electron chi connectivity index (χ1n) is 8.17. The van der Waals surface area contributed by atoms with Gasteiger partial charge in [0.2, 0.25) is 0 Å². The Bertz CT molecular complexity index is 570. The predicted molar refractivity (Wildman–Crippen MR) is 89.6 cm³/mol. The highest BCUT2D eigenvalue weighted by Gasteiger charge is 2.22. The van der Waals surface area contributed by atoms with Gasteiger partial charge in [-0.05, 0) is 56.9 Å². The van der Waals surface area contributed by atoms with Crippen LogP contribution in [0.15, 0.2) is 36.0 Å². The third kappa shape index (κ3) is 5.61. The topological polar surface area (TPSA) is 73.9 Å². The van der Waals surface area contributed by atoms with Crippen LogP contribution in [-0.2, 0) is 19.1 Å². The van der Waals surface area contributed by atoms with E-state index in [1.54, 1.807) is 13.8 Å². The molecule has 24 heavy (non-hydrogen) atoms. The molecule has 0 saturated heterocycles. The Morgan fingerprint density at radius 2 is 1.67 bits per heavy atom. The average molecular weight is 333 g/mol. The molecular formula is C18H23NO5. The molecule has 1 fully saturated rings. The van der Waals surface area contributed by atoms with Crippen LogP contribution in [0.4, 0.5) is 5.69 Å². The zero-order valence-electron chi connectivity index (χ0n) is 14.0. The monoisotopic (exact) mass is 333 g/mol. The van der Waals surface area contributed by atoms with Gasteiger partial charge in [0.15, 0.2) is 5.57 Å². The number of anilines is 1. The average Bonchev–Trinajstić information content (AvgIpc) is 3.39. The standard InChI is InChI=1S/C18H23NO5/c1-3-22-17(20)16(18(21)23-4-2)11-19-14-7-9-15(10-8-14)24-12-13-5-6-13/h7-11,13,19H,3-6,12H2,1-2H3. The Kier molecular flexibility index (Phi) is 6.66. The summed E-state index contributed by atoms with van der Waals surface area (Å²) in [5.41, 5.74) is 0.549. The fraction of sp³-hybridized carbons (Fsp3) is 0.444. The largest absolute Gasteiger partial charge is 0.493 e. The van der Waals surface area contributed by atoms with Crippen molar-refractivity contribution in [3.8, 4) is 5.75 Å². The van der Waals surface area contributed by atoms with E-state index < -0.39 is 11.9 Å². The predicted octanol–water partition coefficient (Wildman–Crippen LogP) is 2.90. The van der Waals surface area contributed by atoms with E-state index >= 15 is 0 Å². The van der Waals surface area contributed by atoms with Crippen molar-refractivity contribution in [2.45, 2.75) is 26.7 Å². The molecule has 6 heteroatoms. The first-order chi connectivity index (χ1) is 11.6. The van der Waals surface area contributed by atoms with Crippen LogP contribution in [0, 0.1) is 5.92 Å². The lowest BCUT2D eigenvalue weighted by Gasteiger charge is -2.09. The summed E-state index contributed by atoms with van der Waals surface area (Å²) in [6.45, 7) is 4.47. The summed E-state index contributed by atoms with van der Waals surface area (Å²) in [7, 11) is 0. The number of carbonyl (C=O) groups is 2. The van der Waals surface area contributed by atoms with Crippen molar-refractivity contribution < 1.29 is 23.8 Å². The maximum atomic E-state index is 11.8. The van der Waals surface area contributed by atoms with Crippen LogP contribution in [-0.4, -0.2) is 31.8 Å². The second-order valence-electron chi connectivity index (χ2n) is 5.42. The van der Waals surface area contributed by atoms with E-state index in [1.807, 2.05) is 24.3 Å². The minimum absolute atomic E-state index is 0.173. The van der Waals surface area contributed by atoms with Gasteiger partial charge in [-0.1, -0.05) is 0 Å². The maximum absolute atomic E-state index is 11.8. The lowest BCUT2D eigenvalue weighted by atomic mass is 10.2. The second kappa shape index (κ2) is 8.96. The summed E-state index contributed by atoms with van der Waals surface area (Å²) in [5, 5.41) is 2.91. The summed E-state index contributed by atoms with van der Waals surface area (Å²) < 4.78 is 15.4. The van der Waals surface area contributed by atoms with Crippen LogP contribution in [0.2, 0.25) is 0 Å². The van der Waals surface area contributed by atoms with Gasteiger partial charge in [0.05, 0.1) is 19.8 Å². The van der Waals surface area contributed by atoms with Crippen molar-refractivity contribution in [3.05, 3.63) is 36.0 Å². The van der Waals surface area contributed by atoms with Crippen molar-refractivity contribution in [2.75, 3.05) is 25.1 Å². The van der Waals surface area contributed by atoms with Crippen molar-refractivity contribution in [2.24, 2.45) is 5.92 Å². The molecule has 0 unspecified atom stereocenters. The Labute approximate surface area is 141 Å². The van der Waals surface area contributed by atoms with Gasteiger partial charge in [-0.2, -0.15) is 0 Å². The Balaban J connectivity index is 1.97. The molecule has 1 aliphatic rings. The number of hydrogen-bond donors (Lipinski definition) is 1. The molecule has 0 heterocycles. The molecule has 0 amide bonds. The lowest BCUT2D eigenvalue weighted by Crippen LogP contribution is -2.19. The van der Waals surface area contributed by atoms with E-state index in [-0.39, 0.29) is 18.8 Å². The fourth-order valence-corrected chi connectivity index (χ4v) is 1.92. The normalized spacial score (nSPS) is 12.9. The smallest absolute Gasteiger partial charge is 0.347 e. The van der Waals surface area contributed by atoms with E-state index in [9.17, 15) is 9.59 Å². The van der Waals surface area contributed by atoms with Crippen molar-refractivity contribution in [3.63, 3.8) is 0 Å². The van der Waals surface area contributed by atoms with Crippen LogP contribution < -0.4 is 10.1 Å². The zero-order valence-corrected chi connectivity index (χ0v) is 14.0. The number of nitrogens with one attached hydrogen (secondary N) is 1. The molecular weight excluding hydrogens is 310 g/mol. The maximum Gasteiger partial charge on any atom is 0.347 e. The van der Waals surface area contributed by atoms with Crippen LogP contribution in [0.3, 0.4) is 0 Å². The van der Waals surface area contributed by atoms with Crippen molar-refractivity contribution in [1.29, 1.82) is 0 Å². The van der Waals surface area contributed by atoms with Gasteiger partial charge in [0.1, 0.15) is 5.75 Å². The van der Waals surface area contributed by atoms with Crippen molar-refractivity contribution >= 4 is 17.6 Å². The summed E-state index contributed by atoms with van der Waals surface area (Å²) in [6.07, 6.45) is 3.79. The van der Waals surface area contributed by atoms with Gasteiger partial charge in [0, 0.05) is 11.9 Å². The van der Waals surface area contributed by atoms with Gasteiger partial charge < -0.3 is 19.5 Å². The van der Waals surface area contributed by atoms with Crippen molar-refractivity contribution in [1.82, 2.24) is 0 Å². The number of hydrogen-bond acceptors (Lipinski definition) is 6. The van der Waals surface area contributed by atoms with E-state index in [2.05, 4.69) is 5.32 Å². The van der Waals surface area contributed by atoms with Gasteiger partial charge in [0.25, 0.3) is 0 Å². The molecule has 6 nitrogen and oxygen atoms in total. The first kappa shape index (κ1) is 17.8. The van der Waals surface area contributed by atoms with Crippen LogP contribution in [0.25, 0.3) is 0 Å². The Morgan fingerprint density at radius 3 is 2.17 bits per heavy atom. The minimum Gasteiger partial charge on any atom is -0.493 e. The molecule has 1 saturated carbocycles. The molecule has 0 bridgehead atoms. The van der Waals surface area contributed by atoms with Gasteiger partial charge >= 0.3 is 11.9 Å². The SMILES string of the molecule is CCOC(=O)C(=CNc1ccc(OCC2CC2)cc1)C(=O)OCC. The molecule has 1 aliphatic carbocycles. The second-order valence-corrected chi connectivity index (χ2v) is 5.42. The molecule has 130 valence electrons. The Morgan fingerprint density at radius 1 is 1.08 bits per heavy atom. The third-order valence-electron chi connectivity index (χ3n) is 3.41. The van der Waals surface area contributed by atoms with Crippen LogP contribution in [0.1, 0.15) is 26.7 Å². The number of carbonyl (C=O) groups excluding carboxylic acids is 2. The molecule has 2 rings (SSSR count). The highest BCUT2D eigenvalue weighted by atomic mass is 16.6. The minimum atomic E-state index is -0.715. The molecule has 0 aromatic heterocycles.